The van der Waals surface area contributed by atoms with E-state index < -0.39 is 0 Å². The molecule has 1 heterocycles. The molecule has 0 spiro atoms. The van der Waals surface area contributed by atoms with Gasteiger partial charge in [-0.25, -0.2) is 5.01 Å². The Labute approximate surface area is 182 Å². The summed E-state index contributed by atoms with van der Waals surface area (Å²) >= 11 is 0. The van der Waals surface area contributed by atoms with Crippen LogP contribution in [0.15, 0.2) is 84.9 Å². The maximum Gasteiger partial charge on any atom is 0.254 e. The predicted molar refractivity (Wildman–Crippen MR) is 119 cm³/mol. The van der Waals surface area contributed by atoms with E-state index in [0.29, 0.717) is 31.1 Å². The number of rotatable bonds is 7. The Balaban J connectivity index is 1.49. The molecule has 1 aliphatic rings. The zero-order valence-corrected chi connectivity index (χ0v) is 17.2. The van der Waals surface area contributed by atoms with Gasteiger partial charge in [0.2, 0.25) is 5.91 Å². The lowest BCUT2D eigenvalue weighted by Crippen LogP contribution is -2.47. The molecule has 0 fully saturated rings. The second-order valence-electron chi connectivity index (χ2n) is 7.41. The molecular formula is C25H25N3O3. The van der Waals surface area contributed by atoms with Crippen LogP contribution in [0.25, 0.3) is 0 Å². The molecule has 0 atom stereocenters. The highest BCUT2D eigenvalue weighted by Crippen LogP contribution is 2.30. The summed E-state index contributed by atoms with van der Waals surface area (Å²) in [6, 6.07) is 27.2. The lowest BCUT2D eigenvalue weighted by Gasteiger charge is -2.26. The summed E-state index contributed by atoms with van der Waals surface area (Å²) in [6.07, 6.45) is 0.236. The fraction of sp³-hybridized carbons (Fsp3) is 0.200. The van der Waals surface area contributed by atoms with Gasteiger partial charge in [-0.15, -0.1) is 0 Å². The molecule has 0 bridgehead atoms. The number of hydrogen-bond acceptors (Lipinski definition) is 4. The molecule has 0 unspecified atom stereocenters. The third-order valence-electron chi connectivity index (χ3n) is 5.05. The second-order valence-corrected chi connectivity index (χ2v) is 7.41. The molecule has 4 rings (SSSR count). The van der Waals surface area contributed by atoms with Gasteiger partial charge in [-0.3, -0.25) is 19.9 Å². The maximum atomic E-state index is 13.0. The Morgan fingerprint density at radius 1 is 0.871 bits per heavy atom. The Morgan fingerprint density at radius 2 is 1.45 bits per heavy atom. The quantitative estimate of drug-likeness (QED) is 0.600. The number of anilines is 1. The maximum absolute atomic E-state index is 13.0. The number of hydrogen-bond donors (Lipinski definition) is 1. The second kappa shape index (κ2) is 9.91. The molecule has 3 aromatic carbocycles. The van der Waals surface area contributed by atoms with Crippen LogP contribution < -0.4 is 15.1 Å². The van der Waals surface area contributed by atoms with Crippen molar-refractivity contribution in [2.24, 2.45) is 0 Å². The zero-order valence-electron chi connectivity index (χ0n) is 17.2. The van der Waals surface area contributed by atoms with Gasteiger partial charge in [-0.1, -0.05) is 72.8 Å². The number of nitrogens with zero attached hydrogens (tertiary/aromatic N) is 2. The number of para-hydroxylation sites is 2. The molecule has 6 nitrogen and oxygen atoms in total. The van der Waals surface area contributed by atoms with Crippen molar-refractivity contribution in [1.82, 2.24) is 10.4 Å². The molecule has 0 saturated heterocycles. The van der Waals surface area contributed by atoms with Crippen LogP contribution in [0.4, 0.5) is 5.69 Å². The average Bonchev–Trinajstić information content (AvgIpc) is 2.94. The Kier molecular flexibility index (Phi) is 6.59. The van der Waals surface area contributed by atoms with E-state index in [1.54, 1.807) is 6.07 Å². The molecule has 1 N–H and O–H groups in total. The summed E-state index contributed by atoms with van der Waals surface area (Å²) in [5, 5.41) is 1.87. The van der Waals surface area contributed by atoms with Gasteiger partial charge in [0.15, 0.2) is 0 Å². The Hall–Kier alpha value is -3.64. The van der Waals surface area contributed by atoms with Gasteiger partial charge < -0.3 is 4.74 Å². The normalized spacial score (nSPS) is 13.3. The van der Waals surface area contributed by atoms with Gasteiger partial charge in [-0.2, -0.15) is 0 Å². The topological polar surface area (TPSA) is 61.9 Å². The third kappa shape index (κ3) is 5.49. The van der Waals surface area contributed by atoms with E-state index >= 15 is 0 Å². The SMILES string of the molecule is O=C(CN1C(=O)CCOc2ccccc21)NN(Cc1ccccc1)Cc1ccccc1. The minimum atomic E-state index is -0.253. The minimum absolute atomic E-state index is 0.0702. The van der Waals surface area contributed by atoms with Gasteiger partial charge in [0.05, 0.1) is 18.7 Å². The van der Waals surface area contributed by atoms with Gasteiger partial charge in [0, 0.05) is 13.1 Å². The number of hydrazine groups is 1. The number of nitrogens with one attached hydrogen (secondary N) is 1. The van der Waals surface area contributed by atoms with Crippen molar-refractivity contribution in [3.05, 3.63) is 96.1 Å². The van der Waals surface area contributed by atoms with E-state index in [9.17, 15) is 9.59 Å². The molecule has 1 aliphatic heterocycles. The molecular weight excluding hydrogens is 390 g/mol. The van der Waals surface area contributed by atoms with Crippen molar-refractivity contribution in [2.45, 2.75) is 19.5 Å². The van der Waals surface area contributed by atoms with Crippen molar-refractivity contribution in [2.75, 3.05) is 18.1 Å². The van der Waals surface area contributed by atoms with E-state index in [0.717, 1.165) is 11.1 Å². The number of carbonyl (C=O) groups is 2. The van der Waals surface area contributed by atoms with E-state index in [1.807, 2.05) is 83.9 Å². The summed E-state index contributed by atoms with van der Waals surface area (Å²) in [7, 11) is 0. The van der Waals surface area contributed by atoms with Crippen LogP contribution in [0.2, 0.25) is 0 Å². The predicted octanol–water partition coefficient (Wildman–Crippen LogP) is 3.54. The van der Waals surface area contributed by atoms with Crippen LogP contribution >= 0.6 is 0 Å². The molecule has 3 aromatic rings. The Bertz CT molecular complexity index is 983. The van der Waals surface area contributed by atoms with Crippen molar-refractivity contribution in [3.63, 3.8) is 0 Å². The first kappa shape index (κ1) is 20.6. The molecule has 0 aliphatic carbocycles. The van der Waals surface area contributed by atoms with Crippen molar-refractivity contribution in [1.29, 1.82) is 0 Å². The molecule has 2 amide bonds. The highest BCUT2D eigenvalue weighted by Gasteiger charge is 2.25. The lowest BCUT2D eigenvalue weighted by molar-refractivity contribution is -0.127. The summed E-state index contributed by atoms with van der Waals surface area (Å²) < 4.78 is 5.67. The van der Waals surface area contributed by atoms with Crippen molar-refractivity contribution >= 4 is 17.5 Å². The van der Waals surface area contributed by atoms with Gasteiger partial charge >= 0.3 is 0 Å². The fourth-order valence-corrected chi connectivity index (χ4v) is 3.59. The minimum Gasteiger partial charge on any atom is -0.491 e. The van der Waals surface area contributed by atoms with E-state index in [-0.39, 0.29) is 24.8 Å². The molecule has 0 aromatic heterocycles. The number of amides is 2. The van der Waals surface area contributed by atoms with Crippen molar-refractivity contribution < 1.29 is 14.3 Å². The average molecular weight is 415 g/mol. The first-order valence-electron chi connectivity index (χ1n) is 10.3. The standard InChI is InChI=1S/C25H25N3O3/c29-24(19-28-22-13-7-8-14-23(22)31-16-15-25(28)30)26-27(17-20-9-3-1-4-10-20)18-21-11-5-2-6-12-21/h1-14H,15-19H2,(H,26,29). The van der Waals surface area contributed by atoms with Crippen LogP contribution in [0.3, 0.4) is 0 Å². The third-order valence-corrected chi connectivity index (χ3v) is 5.05. The van der Waals surface area contributed by atoms with E-state index in [4.69, 9.17) is 4.74 Å². The number of ether oxygens (including phenoxy) is 1. The molecule has 0 saturated carbocycles. The first-order valence-corrected chi connectivity index (χ1v) is 10.3. The number of fused-ring (bicyclic) bond motifs is 1. The summed E-state index contributed by atoms with van der Waals surface area (Å²) in [4.78, 5) is 27.1. The van der Waals surface area contributed by atoms with Crippen LogP contribution in [0, 0.1) is 0 Å². The lowest BCUT2D eigenvalue weighted by atomic mass is 10.2. The highest BCUT2D eigenvalue weighted by molar-refractivity contribution is 6.00. The van der Waals surface area contributed by atoms with E-state index in [1.165, 1.54) is 4.90 Å². The molecule has 158 valence electrons. The Morgan fingerprint density at radius 3 is 2.10 bits per heavy atom. The number of carbonyl (C=O) groups excluding carboxylic acids is 2. The zero-order chi connectivity index (χ0) is 21.5. The van der Waals surface area contributed by atoms with Gasteiger partial charge in [0.25, 0.3) is 5.91 Å². The van der Waals surface area contributed by atoms with Crippen LogP contribution in [0.1, 0.15) is 17.5 Å². The van der Waals surface area contributed by atoms with Gasteiger partial charge in [0.1, 0.15) is 12.3 Å². The van der Waals surface area contributed by atoms with Crippen molar-refractivity contribution in [3.8, 4) is 5.75 Å². The van der Waals surface area contributed by atoms with Crippen LogP contribution in [-0.2, 0) is 22.7 Å². The summed E-state index contributed by atoms with van der Waals surface area (Å²) in [5.74, 6) is 0.237. The number of benzene rings is 3. The fourth-order valence-electron chi connectivity index (χ4n) is 3.59. The monoisotopic (exact) mass is 415 g/mol. The van der Waals surface area contributed by atoms with Crippen LogP contribution in [0.5, 0.6) is 5.75 Å². The molecule has 6 heteroatoms. The summed E-state index contributed by atoms with van der Waals surface area (Å²) in [6.45, 7) is 1.34. The molecule has 0 radical (unpaired) electrons. The highest BCUT2D eigenvalue weighted by atomic mass is 16.5. The summed E-state index contributed by atoms with van der Waals surface area (Å²) in [5.41, 5.74) is 5.79. The first-order chi connectivity index (χ1) is 15.2. The largest absolute Gasteiger partial charge is 0.491 e. The smallest absolute Gasteiger partial charge is 0.254 e. The van der Waals surface area contributed by atoms with E-state index in [2.05, 4.69) is 5.43 Å². The van der Waals surface area contributed by atoms with Crippen LogP contribution in [-0.4, -0.2) is 30.0 Å². The van der Waals surface area contributed by atoms with Gasteiger partial charge in [-0.05, 0) is 23.3 Å². The molecule has 31 heavy (non-hydrogen) atoms.